The van der Waals surface area contributed by atoms with E-state index in [1.54, 1.807) is 12.1 Å². The van der Waals surface area contributed by atoms with Crippen LogP contribution in [0.15, 0.2) is 59.0 Å². The zero-order chi connectivity index (χ0) is 18.3. The smallest absolute Gasteiger partial charge is 0.335 e. The van der Waals surface area contributed by atoms with Gasteiger partial charge in [0.25, 0.3) is 0 Å². The van der Waals surface area contributed by atoms with E-state index in [0.717, 1.165) is 39.2 Å². The number of carboxylic acid groups (broad SMARTS) is 1. The van der Waals surface area contributed by atoms with Gasteiger partial charge in [0, 0.05) is 17.5 Å². The van der Waals surface area contributed by atoms with Gasteiger partial charge in [0.15, 0.2) is 5.76 Å². The first-order chi connectivity index (χ1) is 12.5. The van der Waals surface area contributed by atoms with Crippen LogP contribution < -0.4 is 0 Å². The molecule has 0 atom stereocenters. The molecule has 0 amide bonds. The van der Waals surface area contributed by atoms with Gasteiger partial charge in [-0.3, -0.25) is 0 Å². The van der Waals surface area contributed by atoms with E-state index in [1.807, 2.05) is 24.3 Å². The normalized spacial score (nSPS) is 11.2. The van der Waals surface area contributed by atoms with Crippen molar-refractivity contribution in [1.82, 2.24) is 4.98 Å². The number of aromatic carboxylic acids is 1. The molecule has 0 saturated carbocycles. The van der Waals surface area contributed by atoms with E-state index in [0.29, 0.717) is 12.0 Å². The van der Waals surface area contributed by atoms with Crippen LogP contribution in [0.1, 0.15) is 32.7 Å². The minimum Gasteiger partial charge on any atom is -0.478 e. The van der Waals surface area contributed by atoms with E-state index in [2.05, 4.69) is 37.0 Å². The van der Waals surface area contributed by atoms with Crippen LogP contribution in [0.2, 0.25) is 0 Å². The van der Waals surface area contributed by atoms with Crippen molar-refractivity contribution >= 4 is 16.9 Å². The van der Waals surface area contributed by atoms with E-state index in [9.17, 15) is 4.79 Å². The number of benzene rings is 2. The standard InChI is InChI=1S/C22H19NO3/c1-13-3-4-14(2)21-18(13)12-20(26-21)19-10-9-17(23-19)11-15-5-7-16(8-6-15)22(24)25/h3-10,12,23H,11H2,1-2H3,(H,24,25). The molecule has 0 fully saturated rings. The van der Waals surface area contributed by atoms with Crippen LogP contribution in [0.3, 0.4) is 0 Å². The van der Waals surface area contributed by atoms with E-state index in [4.69, 9.17) is 9.52 Å². The summed E-state index contributed by atoms with van der Waals surface area (Å²) in [6, 6.07) is 17.3. The van der Waals surface area contributed by atoms with Crippen molar-refractivity contribution in [2.75, 3.05) is 0 Å². The summed E-state index contributed by atoms with van der Waals surface area (Å²) < 4.78 is 6.07. The van der Waals surface area contributed by atoms with Crippen molar-refractivity contribution in [3.63, 3.8) is 0 Å². The lowest BCUT2D eigenvalue weighted by molar-refractivity contribution is 0.0697. The molecule has 0 aliphatic rings. The maximum Gasteiger partial charge on any atom is 0.335 e. The SMILES string of the molecule is Cc1ccc(C)c2oc(-c3ccc(Cc4ccc(C(=O)O)cc4)[nH]3)cc12. The Hall–Kier alpha value is -3.27. The fraction of sp³-hybridized carbons (Fsp3) is 0.136. The van der Waals surface area contributed by atoms with E-state index in [-0.39, 0.29) is 0 Å². The molecule has 0 radical (unpaired) electrons. The highest BCUT2D eigenvalue weighted by molar-refractivity contribution is 5.88. The first-order valence-corrected chi connectivity index (χ1v) is 8.51. The van der Waals surface area contributed by atoms with Gasteiger partial charge in [0.05, 0.1) is 11.3 Å². The van der Waals surface area contributed by atoms with Crippen LogP contribution in [-0.2, 0) is 6.42 Å². The number of aromatic nitrogens is 1. The molecule has 4 rings (SSSR count). The Kier molecular flexibility index (Phi) is 3.88. The van der Waals surface area contributed by atoms with Crippen molar-refractivity contribution in [1.29, 1.82) is 0 Å². The number of furan rings is 1. The predicted molar refractivity (Wildman–Crippen MR) is 102 cm³/mol. The molecule has 0 spiro atoms. The van der Waals surface area contributed by atoms with Gasteiger partial charge in [0.2, 0.25) is 0 Å². The Morgan fingerprint density at radius 3 is 2.42 bits per heavy atom. The highest BCUT2D eigenvalue weighted by Gasteiger charge is 2.12. The van der Waals surface area contributed by atoms with Crippen LogP contribution in [-0.4, -0.2) is 16.1 Å². The molecule has 2 N–H and O–H groups in total. The third kappa shape index (κ3) is 2.90. The highest BCUT2D eigenvalue weighted by atomic mass is 16.4. The molecule has 0 aliphatic carbocycles. The number of aryl methyl sites for hydroxylation is 2. The summed E-state index contributed by atoms with van der Waals surface area (Å²) in [6.07, 6.45) is 0.707. The van der Waals surface area contributed by atoms with Crippen molar-refractivity contribution in [3.8, 4) is 11.5 Å². The van der Waals surface area contributed by atoms with Crippen LogP contribution in [0.25, 0.3) is 22.4 Å². The summed E-state index contributed by atoms with van der Waals surface area (Å²) >= 11 is 0. The molecule has 0 unspecified atom stereocenters. The number of nitrogens with one attached hydrogen (secondary N) is 1. The van der Waals surface area contributed by atoms with Crippen molar-refractivity contribution < 1.29 is 14.3 Å². The second-order valence-electron chi connectivity index (χ2n) is 6.63. The largest absolute Gasteiger partial charge is 0.478 e. The monoisotopic (exact) mass is 345 g/mol. The molecule has 2 aromatic heterocycles. The number of carboxylic acids is 1. The van der Waals surface area contributed by atoms with Gasteiger partial charge in [-0.2, -0.15) is 0 Å². The molecule has 0 aliphatic heterocycles. The minimum absolute atomic E-state index is 0.300. The average molecular weight is 345 g/mol. The second-order valence-corrected chi connectivity index (χ2v) is 6.63. The van der Waals surface area contributed by atoms with Gasteiger partial charge in [-0.05, 0) is 60.9 Å². The highest BCUT2D eigenvalue weighted by Crippen LogP contribution is 2.31. The fourth-order valence-corrected chi connectivity index (χ4v) is 3.20. The van der Waals surface area contributed by atoms with Gasteiger partial charge >= 0.3 is 5.97 Å². The van der Waals surface area contributed by atoms with Crippen molar-refractivity contribution in [2.24, 2.45) is 0 Å². The summed E-state index contributed by atoms with van der Waals surface area (Å²) in [7, 11) is 0. The minimum atomic E-state index is -0.908. The first kappa shape index (κ1) is 16.2. The fourth-order valence-electron chi connectivity index (χ4n) is 3.20. The van der Waals surface area contributed by atoms with Crippen LogP contribution >= 0.6 is 0 Å². The van der Waals surface area contributed by atoms with Crippen LogP contribution in [0, 0.1) is 13.8 Å². The number of H-pyrrole nitrogens is 1. The van der Waals surface area contributed by atoms with Crippen LogP contribution in [0.5, 0.6) is 0 Å². The number of hydrogen-bond donors (Lipinski definition) is 2. The second kappa shape index (κ2) is 6.23. The molecule has 4 aromatic rings. The molecule has 2 aromatic carbocycles. The lowest BCUT2D eigenvalue weighted by atomic mass is 10.1. The lowest BCUT2D eigenvalue weighted by Crippen LogP contribution is -1.96. The Morgan fingerprint density at radius 1 is 1.00 bits per heavy atom. The van der Waals surface area contributed by atoms with Gasteiger partial charge in [-0.1, -0.05) is 24.3 Å². The quantitative estimate of drug-likeness (QED) is 0.525. The molecule has 26 heavy (non-hydrogen) atoms. The Balaban J connectivity index is 1.61. The van der Waals surface area contributed by atoms with Crippen LogP contribution in [0.4, 0.5) is 0 Å². The molecule has 0 saturated heterocycles. The third-order valence-electron chi connectivity index (χ3n) is 4.71. The third-order valence-corrected chi connectivity index (χ3v) is 4.71. The molecular formula is C22H19NO3. The van der Waals surface area contributed by atoms with Gasteiger partial charge < -0.3 is 14.5 Å². The zero-order valence-corrected chi connectivity index (χ0v) is 14.7. The summed E-state index contributed by atoms with van der Waals surface area (Å²) in [5, 5.41) is 10.1. The number of carbonyl (C=O) groups is 1. The number of rotatable bonds is 4. The molecule has 130 valence electrons. The topological polar surface area (TPSA) is 66.2 Å². The summed E-state index contributed by atoms with van der Waals surface area (Å²) in [5.74, 6) is -0.0842. The Labute approximate surface area is 151 Å². The predicted octanol–water partition coefficient (Wildman–Crippen LogP) is 5.33. The van der Waals surface area contributed by atoms with Gasteiger partial charge in [-0.15, -0.1) is 0 Å². The maximum atomic E-state index is 10.9. The molecule has 0 bridgehead atoms. The summed E-state index contributed by atoms with van der Waals surface area (Å²) in [5.41, 5.74) is 6.61. The van der Waals surface area contributed by atoms with E-state index < -0.39 is 5.97 Å². The number of fused-ring (bicyclic) bond motifs is 1. The molecule has 4 nitrogen and oxygen atoms in total. The zero-order valence-electron chi connectivity index (χ0n) is 14.7. The Morgan fingerprint density at radius 2 is 1.73 bits per heavy atom. The van der Waals surface area contributed by atoms with Crippen molar-refractivity contribution in [2.45, 2.75) is 20.3 Å². The molecule has 2 heterocycles. The number of hydrogen-bond acceptors (Lipinski definition) is 2. The maximum absolute atomic E-state index is 10.9. The van der Waals surface area contributed by atoms with E-state index >= 15 is 0 Å². The van der Waals surface area contributed by atoms with Gasteiger partial charge in [-0.25, -0.2) is 4.79 Å². The number of aromatic amines is 1. The van der Waals surface area contributed by atoms with Gasteiger partial charge in [0.1, 0.15) is 5.58 Å². The average Bonchev–Trinajstić information content (AvgIpc) is 3.26. The summed E-state index contributed by atoms with van der Waals surface area (Å²) in [6.45, 7) is 4.14. The first-order valence-electron chi connectivity index (χ1n) is 8.51. The molecule has 4 heteroatoms. The lowest BCUT2D eigenvalue weighted by Gasteiger charge is -2.00. The molecular weight excluding hydrogens is 326 g/mol. The van der Waals surface area contributed by atoms with Crippen molar-refractivity contribution in [3.05, 3.63) is 82.5 Å². The Bertz CT molecular complexity index is 1060. The van der Waals surface area contributed by atoms with E-state index in [1.165, 1.54) is 5.56 Å². The summed E-state index contributed by atoms with van der Waals surface area (Å²) in [4.78, 5) is 14.3.